The maximum absolute atomic E-state index is 11.9. The van der Waals surface area contributed by atoms with E-state index in [4.69, 9.17) is 0 Å². The van der Waals surface area contributed by atoms with Crippen LogP contribution < -0.4 is 16.0 Å². The smallest absolute Gasteiger partial charge is 0.224 e. The normalized spacial score (nSPS) is 10.3. The summed E-state index contributed by atoms with van der Waals surface area (Å²) in [5.41, 5.74) is 2.12. The van der Waals surface area contributed by atoms with Crippen molar-refractivity contribution in [1.82, 2.24) is 20.3 Å². The SMILES string of the molecule is Cc1ccnc(Nc2cc(NCCNC(=O)Cc3ccccc3)ncn2)c1. The molecule has 7 heteroatoms. The summed E-state index contributed by atoms with van der Waals surface area (Å²) < 4.78 is 0. The molecule has 2 heterocycles. The van der Waals surface area contributed by atoms with Gasteiger partial charge in [0.1, 0.15) is 23.8 Å². The summed E-state index contributed by atoms with van der Waals surface area (Å²) in [5.74, 6) is 2.06. The second-order valence-electron chi connectivity index (χ2n) is 6.07. The summed E-state index contributed by atoms with van der Waals surface area (Å²) in [4.78, 5) is 24.6. The van der Waals surface area contributed by atoms with Gasteiger partial charge in [-0.2, -0.15) is 0 Å². The molecule has 0 aliphatic rings. The van der Waals surface area contributed by atoms with Crippen molar-refractivity contribution in [2.45, 2.75) is 13.3 Å². The number of carbonyl (C=O) groups is 1. The molecule has 0 spiro atoms. The van der Waals surface area contributed by atoms with Gasteiger partial charge in [0.15, 0.2) is 0 Å². The number of anilines is 3. The molecular formula is C20H22N6O. The topological polar surface area (TPSA) is 91.8 Å². The predicted molar refractivity (Wildman–Crippen MR) is 106 cm³/mol. The van der Waals surface area contributed by atoms with E-state index in [1.807, 2.05) is 49.4 Å². The molecule has 2 aromatic heterocycles. The van der Waals surface area contributed by atoms with Gasteiger partial charge in [0.25, 0.3) is 0 Å². The van der Waals surface area contributed by atoms with Crippen molar-refractivity contribution in [3.05, 3.63) is 72.2 Å². The second kappa shape index (κ2) is 9.28. The number of nitrogens with zero attached hydrogens (tertiary/aromatic N) is 3. The standard InChI is InChI=1S/C20H22N6O/c1-15-7-8-21-18(11-15)26-19-13-17(24-14-25-19)22-9-10-23-20(27)12-16-5-3-2-4-6-16/h2-8,11,13-14H,9-10,12H2,1H3,(H,23,27)(H2,21,22,24,25,26). The first kappa shape index (κ1) is 18.3. The van der Waals surface area contributed by atoms with Crippen LogP contribution in [0.3, 0.4) is 0 Å². The van der Waals surface area contributed by atoms with Gasteiger partial charge in [-0.1, -0.05) is 30.3 Å². The van der Waals surface area contributed by atoms with E-state index in [0.717, 1.165) is 16.9 Å². The van der Waals surface area contributed by atoms with Crippen molar-refractivity contribution < 1.29 is 4.79 Å². The molecule has 1 aromatic carbocycles. The van der Waals surface area contributed by atoms with Gasteiger partial charge in [0.05, 0.1) is 6.42 Å². The summed E-state index contributed by atoms with van der Waals surface area (Å²) in [6.07, 6.45) is 3.61. The third-order valence-corrected chi connectivity index (χ3v) is 3.80. The van der Waals surface area contributed by atoms with E-state index >= 15 is 0 Å². The van der Waals surface area contributed by atoms with Gasteiger partial charge in [-0.25, -0.2) is 15.0 Å². The number of hydrogen-bond donors (Lipinski definition) is 3. The molecule has 138 valence electrons. The third kappa shape index (κ3) is 6.07. The molecule has 3 aromatic rings. The minimum absolute atomic E-state index is 0.00133. The Morgan fingerprint density at radius 2 is 1.70 bits per heavy atom. The number of rotatable bonds is 8. The van der Waals surface area contributed by atoms with Crippen LogP contribution in [-0.4, -0.2) is 33.9 Å². The Morgan fingerprint density at radius 1 is 0.926 bits per heavy atom. The highest BCUT2D eigenvalue weighted by Crippen LogP contribution is 2.14. The minimum atomic E-state index is -0.00133. The fourth-order valence-electron chi connectivity index (χ4n) is 2.49. The monoisotopic (exact) mass is 362 g/mol. The van der Waals surface area contributed by atoms with Crippen LogP contribution in [-0.2, 0) is 11.2 Å². The summed E-state index contributed by atoms with van der Waals surface area (Å²) in [6, 6.07) is 15.4. The van der Waals surface area contributed by atoms with Crippen molar-refractivity contribution in [3.8, 4) is 0 Å². The van der Waals surface area contributed by atoms with Crippen LogP contribution in [0.15, 0.2) is 61.1 Å². The Labute approximate surface area is 158 Å². The zero-order valence-electron chi connectivity index (χ0n) is 15.1. The number of carbonyl (C=O) groups excluding carboxylic acids is 1. The van der Waals surface area contributed by atoms with E-state index in [1.165, 1.54) is 6.33 Å². The zero-order valence-corrected chi connectivity index (χ0v) is 15.1. The van der Waals surface area contributed by atoms with Gasteiger partial charge in [-0.15, -0.1) is 0 Å². The lowest BCUT2D eigenvalue weighted by atomic mass is 10.1. The van der Waals surface area contributed by atoms with Crippen LogP contribution in [0, 0.1) is 6.92 Å². The summed E-state index contributed by atoms with van der Waals surface area (Å²) >= 11 is 0. The van der Waals surface area contributed by atoms with E-state index < -0.39 is 0 Å². The molecule has 0 aliphatic carbocycles. The molecule has 0 saturated carbocycles. The van der Waals surface area contributed by atoms with Crippen molar-refractivity contribution in [3.63, 3.8) is 0 Å². The fraction of sp³-hybridized carbons (Fsp3) is 0.200. The number of nitrogens with one attached hydrogen (secondary N) is 3. The van der Waals surface area contributed by atoms with Crippen LogP contribution in [0.2, 0.25) is 0 Å². The fourth-order valence-corrected chi connectivity index (χ4v) is 2.49. The minimum Gasteiger partial charge on any atom is -0.368 e. The number of aromatic nitrogens is 3. The molecule has 3 rings (SSSR count). The zero-order chi connectivity index (χ0) is 18.9. The van der Waals surface area contributed by atoms with Crippen LogP contribution in [0.4, 0.5) is 17.5 Å². The first-order valence-electron chi connectivity index (χ1n) is 8.75. The molecule has 3 N–H and O–H groups in total. The highest BCUT2D eigenvalue weighted by molar-refractivity contribution is 5.78. The van der Waals surface area contributed by atoms with Gasteiger partial charge in [0.2, 0.25) is 5.91 Å². The molecule has 27 heavy (non-hydrogen) atoms. The molecule has 0 atom stereocenters. The lowest BCUT2D eigenvalue weighted by Crippen LogP contribution is -2.30. The molecule has 1 amide bonds. The van der Waals surface area contributed by atoms with Gasteiger partial charge in [-0.3, -0.25) is 4.79 Å². The third-order valence-electron chi connectivity index (χ3n) is 3.80. The van der Waals surface area contributed by atoms with Crippen molar-refractivity contribution in [2.24, 2.45) is 0 Å². The molecule has 0 aliphatic heterocycles. The van der Waals surface area contributed by atoms with Crippen LogP contribution in [0.5, 0.6) is 0 Å². The van der Waals surface area contributed by atoms with E-state index in [-0.39, 0.29) is 5.91 Å². The Kier molecular flexibility index (Phi) is 6.30. The van der Waals surface area contributed by atoms with Crippen molar-refractivity contribution >= 4 is 23.4 Å². The van der Waals surface area contributed by atoms with Crippen LogP contribution in [0.1, 0.15) is 11.1 Å². The molecule has 0 fully saturated rings. The predicted octanol–water partition coefficient (Wildman–Crippen LogP) is 2.69. The number of aryl methyl sites for hydroxylation is 1. The highest BCUT2D eigenvalue weighted by Gasteiger charge is 2.03. The maximum atomic E-state index is 11.9. The Morgan fingerprint density at radius 3 is 2.52 bits per heavy atom. The van der Waals surface area contributed by atoms with E-state index in [1.54, 1.807) is 12.3 Å². The van der Waals surface area contributed by atoms with Crippen molar-refractivity contribution in [2.75, 3.05) is 23.7 Å². The maximum Gasteiger partial charge on any atom is 0.224 e. The Bertz CT molecular complexity index is 884. The quantitative estimate of drug-likeness (QED) is 0.534. The lowest BCUT2D eigenvalue weighted by Gasteiger charge is -2.09. The summed E-state index contributed by atoms with van der Waals surface area (Å²) in [5, 5.41) is 9.22. The average Bonchev–Trinajstić information content (AvgIpc) is 2.66. The van der Waals surface area contributed by atoms with E-state index in [0.29, 0.717) is 31.1 Å². The van der Waals surface area contributed by atoms with E-state index in [9.17, 15) is 4.79 Å². The largest absolute Gasteiger partial charge is 0.368 e. The van der Waals surface area contributed by atoms with Crippen LogP contribution in [0.25, 0.3) is 0 Å². The van der Waals surface area contributed by atoms with Gasteiger partial charge < -0.3 is 16.0 Å². The van der Waals surface area contributed by atoms with Crippen molar-refractivity contribution in [1.29, 1.82) is 0 Å². The van der Waals surface area contributed by atoms with Gasteiger partial charge in [-0.05, 0) is 30.2 Å². The molecule has 7 nitrogen and oxygen atoms in total. The number of benzene rings is 1. The molecule has 0 radical (unpaired) electrons. The number of amides is 1. The Hall–Kier alpha value is -3.48. The summed E-state index contributed by atoms with van der Waals surface area (Å²) in [6.45, 7) is 3.09. The molecule has 0 saturated heterocycles. The molecular weight excluding hydrogens is 340 g/mol. The molecule has 0 unspecified atom stereocenters. The Balaban J connectivity index is 1.44. The van der Waals surface area contributed by atoms with Gasteiger partial charge >= 0.3 is 0 Å². The number of hydrogen-bond acceptors (Lipinski definition) is 6. The first-order valence-corrected chi connectivity index (χ1v) is 8.75. The first-order chi connectivity index (χ1) is 13.2. The van der Waals surface area contributed by atoms with E-state index in [2.05, 4.69) is 30.9 Å². The number of pyridine rings is 1. The van der Waals surface area contributed by atoms with Crippen LogP contribution >= 0.6 is 0 Å². The molecule has 0 bridgehead atoms. The van der Waals surface area contributed by atoms with Gasteiger partial charge in [0, 0.05) is 25.4 Å². The second-order valence-corrected chi connectivity index (χ2v) is 6.07. The lowest BCUT2D eigenvalue weighted by molar-refractivity contribution is -0.120. The summed E-state index contributed by atoms with van der Waals surface area (Å²) in [7, 11) is 0. The highest BCUT2D eigenvalue weighted by atomic mass is 16.1. The average molecular weight is 362 g/mol.